The van der Waals surface area contributed by atoms with Crippen molar-refractivity contribution in [3.05, 3.63) is 70.8 Å². The summed E-state index contributed by atoms with van der Waals surface area (Å²) in [4.78, 5) is 18.8. The summed E-state index contributed by atoms with van der Waals surface area (Å²) in [6, 6.07) is 11.3. The van der Waals surface area contributed by atoms with Crippen LogP contribution in [0.4, 0.5) is 8.78 Å². The van der Waals surface area contributed by atoms with Gasteiger partial charge in [-0.3, -0.25) is 9.79 Å². The molecule has 1 unspecified atom stereocenters. The molecule has 0 aliphatic carbocycles. The highest BCUT2D eigenvalue weighted by molar-refractivity contribution is 5.80. The SMILES string of the molecule is CCNC(=NCCCC(=O)N1Cc2ccccc2C1)NC(C)c1ccc(F)cc1F. The quantitative estimate of drug-likeness (QED) is 0.410. The minimum Gasteiger partial charge on any atom is -0.357 e. The van der Waals surface area contributed by atoms with Crippen LogP contribution in [0.3, 0.4) is 0 Å². The van der Waals surface area contributed by atoms with Gasteiger partial charge in [0.15, 0.2) is 5.96 Å². The maximum absolute atomic E-state index is 14.0. The highest BCUT2D eigenvalue weighted by Crippen LogP contribution is 2.23. The molecule has 2 N–H and O–H groups in total. The van der Waals surface area contributed by atoms with Gasteiger partial charge in [0.05, 0.1) is 6.04 Å². The number of hydrogen-bond acceptors (Lipinski definition) is 2. The highest BCUT2D eigenvalue weighted by Gasteiger charge is 2.22. The molecular formula is C23H28F2N4O. The Bertz CT molecular complexity index is 891. The van der Waals surface area contributed by atoms with Gasteiger partial charge in [-0.15, -0.1) is 0 Å². The van der Waals surface area contributed by atoms with Gasteiger partial charge < -0.3 is 15.5 Å². The normalized spacial score (nSPS) is 14.4. The fraction of sp³-hybridized carbons (Fsp3) is 0.391. The van der Waals surface area contributed by atoms with Crippen LogP contribution in [0, 0.1) is 11.6 Å². The van der Waals surface area contributed by atoms with Crippen molar-refractivity contribution in [1.82, 2.24) is 15.5 Å². The van der Waals surface area contributed by atoms with Crippen molar-refractivity contribution in [2.45, 2.75) is 45.8 Å². The van der Waals surface area contributed by atoms with E-state index in [1.54, 1.807) is 6.92 Å². The van der Waals surface area contributed by atoms with Gasteiger partial charge in [0.25, 0.3) is 0 Å². The first-order chi connectivity index (χ1) is 14.5. The highest BCUT2D eigenvalue weighted by atomic mass is 19.1. The van der Waals surface area contributed by atoms with Gasteiger partial charge in [-0.05, 0) is 37.5 Å². The van der Waals surface area contributed by atoms with Crippen LogP contribution in [0.1, 0.15) is 49.4 Å². The van der Waals surface area contributed by atoms with Crippen LogP contribution in [-0.2, 0) is 17.9 Å². The third-order valence-corrected chi connectivity index (χ3v) is 5.14. The van der Waals surface area contributed by atoms with Gasteiger partial charge in [-0.1, -0.05) is 30.3 Å². The number of nitrogens with one attached hydrogen (secondary N) is 2. The smallest absolute Gasteiger partial charge is 0.223 e. The molecule has 2 aromatic carbocycles. The summed E-state index contributed by atoms with van der Waals surface area (Å²) in [5.41, 5.74) is 2.79. The summed E-state index contributed by atoms with van der Waals surface area (Å²) >= 11 is 0. The summed E-state index contributed by atoms with van der Waals surface area (Å²) in [6.45, 7) is 6.19. The van der Waals surface area contributed by atoms with E-state index in [2.05, 4.69) is 27.8 Å². The number of carbonyl (C=O) groups excluding carboxylic acids is 1. The van der Waals surface area contributed by atoms with Crippen molar-refractivity contribution in [3.8, 4) is 0 Å². The largest absolute Gasteiger partial charge is 0.357 e. The minimum atomic E-state index is -0.602. The third-order valence-electron chi connectivity index (χ3n) is 5.14. The molecule has 0 fully saturated rings. The second kappa shape index (κ2) is 10.2. The van der Waals surface area contributed by atoms with E-state index in [1.165, 1.54) is 23.3 Å². The number of fused-ring (bicyclic) bond motifs is 1. The van der Waals surface area contributed by atoms with E-state index in [4.69, 9.17) is 0 Å². The second-order valence-corrected chi connectivity index (χ2v) is 7.41. The molecule has 160 valence electrons. The maximum Gasteiger partial charge on any atom is 0.223 e. The summed E-state index contributed by atoms with van der Waals surface area (Å²) < 4.78 is 27.1. The zero-order valence-electron chi connectivity index (χ0n) is 17.4. The summed E-state index contributed by atoms with van der Waals surface area (Å²) in [5.74, 6) is -0.534. The molecule has 7 heteroatoms. The number of amides is 1. The maximum atomic E-state index is 14.0. The van der Waals surface area contributed by atoms with Crippen molar-refractivity contribution >= 4 is 11.9 Å². The molecule has 5 nitrogen and oxygen atoms in total. The van der Waals surface area contributed by atoms with Crippen LogP contribution in [0.2, 0.25) is 0 Å². The fourth-order valence-corrected chi connectivity index (χ4v) is 3.54. The van der Waals surface area contributed by atoms with E-state index in [0.717, 1.165) is 6.07 Å². The van der Waals surface area contributed by atoms with E-state index >= 15 is 0 Å². The molecule has 0 saturated heterocycles. The lowest BCUT2D eigenvalue weighted by Crippen LogP contribution is -2.39. The summed E-state index contributed by atoms with van der Waals surface area (Å²) in [6.07, 6.45) is 1.06. The molecule has 1 aliphatic heterocycles. The van der Waals surface area contributed by atoms with Crippen LogP contribution in [0.15, 0.2) is 47.5 Å². The molecule has 2 aromatic rings. The molecular weight excluding hydrogens is 386 g/mol. The molecule has 0 bridgehead atoms. The van der Waals surface area contributed by atoms with Gasteiger partial charge in [-0.25, -0.2) is 8.78 Å². The number of hydrogen-bond donors (Lipinski definition) is 2. The Hall–Kier alpha value is -2.96. The molecule has 1 amide bonds. The Kier molecular flexibility index (Phi) is 7.38. The number of benzene rings is 2. The molecule has 1 aliphatic rings. The van der Waals surface area contributed by atoms with Gasteiger partial charge in [0.2, 0.25) is 5.91 Å². The number of aliphatic imine (C=N–C) groups is 1. The first-order valence-corrected chi connectivity index (χ1v) is 10.3. The predicted molar refractivity (Wildman–Crippen MR) is 114 cm³/mol. The molecule has 3 rings (SSSR count). The van der Waals surface area contributed by atoms with E-state index in [9.17, 15) is 13.6 Å². The Morgan fingerprint density at radius 3 is 2.50 bits per heavy atom. The lowest BCUT2D eigenvalue weighted by Gasteiger charge is -2.19. The van der Waals surface area contributed by atoms with Crippen molar-refractivity contribution in [1.29, 1.82) is 0 Å². The van der Waals surface area contributed by atoms with Crippen LogP contribution < -0.4 is 10.6 Å². The first kappa shape index (κ1) is 21.7. The molecule has 0 aromatic heterocycles. The van der Waals surface area contributed by atoms with Crippen LogP contribution in [-0.4, -0.2) is 29.9 Å². The summed E-state index contributed by atoms with van der Waals surface area (Å²) in [5, 5.41) is 6.25. The van der Waals surface area contributed by atoms with Crippen molar-refractivity contribution in [2.75, 3.05) is 13.1 Å². The predicted octanol–water partition coefficient (Wildman–Crippen LogP) is 3.90. The molecule has 1 atom stereocenters. The average molecular weight is 415 g/mol. The second-order valence-electron chi connectivity index (χ2n) is 7.41. The van der Waals surface area contributed by atoms with Crippen molar-refractivity contribution < 1.29 is 13.6 Å². The number of carbonyl (C=O) groups is 1. The van der Waals surface area contributed by atoms with Crippen molar-refractivity contribution in [2.24, 2.45) is 4.99 Å². The van der Waals surface area contributed by atoms with Gasteiger partial charge in [0.1, 0.15) is 11.6 Å². The molecule has 30 heavy (non-hydrogen) atoms. The monoisotopic (exact) mass is 414 g/mol. The number of rotatable bonds is 7. The lowest BCUT2D eigenvalue weighted by molar-refractivity contribution is -0.131. The Morgan fingerprint density at radius 2 is 1.87 bits per heavy atom. The summed E-state index contributed by atoms with van der Waals surface area (Å²) in [7, 11) is 0. The number of guanidine groups is 1. The average Bonchev–Trinajstić information content (AvgIpc) is 3.15. The third kappa shape index (κ3) is 5.55. The van der Waals surface area contributed by atoms with E-state index < -0.39 is 11.6 Å². The zero-order valence-corrected chi connectivity index (χ0v) is 17.4. The Balaban J connectivity index is 1.49. The number of halogens is 2. The molecule has 1 heterocycles. The van der Waals surface area contributed by atoms with Crippen LogP contribution in [0.25, 0.3) is 0 Å². The van der Waals surface area contributed by atoms with Crippen LogP contribution in [0.5, 0.6) is 0 Å². The van der Waals surface area contributed by atoms with Gasteiger partial charge in [0, 0.05) is 44.2 Å². The van der Waals surface area contributed by atoms with Gasteiger partial charge in [-0.2, -0.15) is 0 Å². The first-order valence-electron chi connectivity index (χ1n) is 10.3. The van der Waals surface area contributed by atoms with Crippen molar-refractivity contribution in [3.63, 3.8) is 0 Å². The zero-order chi connectivity index (χ0) is 21.5. The molecule has 0 radical (unpaired) electrons. The lowest BCUT2D eigenvalue weighted by atomic mass is 10.1. The Labute approximate surface area is 176 Å². The van der Waals surface area contributed by atoms with E-state index in [-0.39, 0.29) is 11.9 Å². The molecule has 0 saturated carbocycles. The van der Waals surface area contributed by atoms with Gasteiger partial charge >= 0.3 is 0 Å². The van der Waals surface area contributed by atoms with Crippen LogP contribution >= 0.6 is 0 Å². The fourth-order valence-electron chi connectivity index (χ4n) is 3.54. The van der Waals surface area contributed by atoms with E-state index in [1.807, 2.05) is 24.0 Å². The molecule has 0 spiro atoms. The van der Waals surface area contributed by atoms with E-state index in [0.29, 0.717) is 50.5 Å². The Morgan fingerprint density at radius 1 is 1.17 bits per heavy atom. The standard InChI is InChI=1S/C23H28F2N4O/c1-3-26-23(28-16(2)20-11-10-19(24)13-21(20)25)27-12-6-9-22(30)29-14-17-7-4-5-8-18(17)15-29/h4-5,7-8,10-11,13,16H,3,6,9,12,14-15H2,1-2H3,(H2,26,27,28). The topological polar surface area (TPSA) is 56.7 Å². The minimum absolute atomic E-state index is 0.126. The number of nitrogens with zero attached hydrogens (tertiary/aromatic N) is 2.